The Balaban J connectivity index is 1.91. The van der Waals surface area contributed by atoms with Gasteiger partial charge in [-0.15, -0.1) is 0 Å². The van der Waals surface area contributed by atoms with E-state index < -0.39 is 0 Å². The average Bonchev–Trinajstić information content (AvgIpc) is 3.07. The first-order chi connectivity index (χ1) is 9.54. The van der Waals surface area contributed by atoms with Crippen molar-refractivity contribution in [3.05, 3.63) is 26.9 Å². The number of nitrogens with one attached hydrogen (secondary N) is 1. The Morgan fingerprint density at radius 3 is 2.85 bits per heavy atom. The van der Waals surface area contributed by atoms with Crippen molar-refractivity contribution < 1.29 is 9.32 Å². The molecule has 0 bridgehead atoms. The number of halogens is 2. The molecular weight excluding hydrogens is 392 g/mol. The Kier molecular flexibility index (Phi) is 3.51. The standard InChI is InChI=1S/C12H10Br2N4O2/c13-5-3-7(9(15)8(14)4-5)12-17-10(18-20-12)11(19)16-6-1-2-6/h3-4,6H,1-2,15H2,(H,16,19). The van der Waals surface area contributed by atoms with Crippen LogP contribution in [0.25, 0.3) is 11.5 Å². The Morgan fingerprint density at radius 1 is 1.40 bits per heavy atom. The molecule has 1 aromatic heterocycles. The molecule has 1 heterocycles. The maximum atomic E-state index is 11.8. The third-order valence-electron chi connectivity index (χ3n) is 2.87. The van der Waals surface area contributed by atoms with Crippen LogP contribution >= 0.6 is 31.9 Å². The molecule has 1 amide bonds. The lowest BCUT2D eigenvalue weighted by Crippen LogP contribution is -2.26. The van der Waals surface area contributed by atoms with Crippen LogP contribution in [-0.2, 0) is 0 Å². The molecule has 1 saturated carbocycles. The van der Waals surface area contributed by atoms with Gasteiger partial charge in [-0.3, -0.25) is 4.79 Å². The number of nitrogens with zero attached hydrogens (tertiary/aromatic N) is 2. The lowest BCUT2D eigenvalue weighted by Gasteiger charge is -2.04. The van der Waals surface area contributed by atoms with Gasteiger partial charge in [0, 0.05) is 15.0 Å². The van der Waals surface area contributed by atoms with E-state index in [0.29, 0.717) is 15.7 Å². The first-order valence-corrected chi connectivity index (χ1v) is 7.52. The van der Waals surface area contributed by atoms with E-state index in [1.165, 1.54) is 0 Å². The molecule has 2 aromatic rings. The van der Waals surface area contributed by atoms with Crippen molar-refractivity contribution in [2.75, 3.05) is 5.73 Å². The lowest BCUT2D eigenvalue weighted by atomic mass is 10.2. The number of benzene rings is 1. The molecule has 1 fully saturated rings. The largest absolute Gasteiger partial charge is 0.397 e. The number of carbonyl (C=O) groups is 1. The molecular formula is C12H10Br2N4O2. The monoisotopic (exact) mass is 400 g/mol. The fourth-order valence-electron chi connectivity index (χ4n) is 1.66. The average molecular weight is 402 g/mol. The Bertz CT molecular complexity index is 682. The van der Waals surface area contributed by atoms with Crippen molar-refractivity contribution in [1.82, 2.24) is 15.5 Å². The number of nitrogens with two attached hydrogens (primary N) is 1. The van der Waals surface area contributed by atoms with Crippen LogP contribution in [0.2, 0.25) is 0 Å². The minimum Gasteiger partial charge on any atom is -0.397 e. The number of amides is 1. The summed E-state index contributed by atoms with van der Waals surface area (Å²) in [6, 6.07) is 3.82. The SMILES string of the molecule is Nc1c(Br)cc(Br)cc1-c1nc(C(=O)NC2CC2)no1. The maximum absolute atomic E-state index is 11.8. The number of nitrogen functional groups attached to an aromatic ring is 1. The van der Waals surface area contributed by atoms with Gasteiger partial charge >= 0.3 is 0 Å². The summed E-state index contributed by atoms with van der Waals surface area (Å²) in [4.78, 5) is 15.9. The van der Waals surface area contributed by atoms with E-state index in [1.807, 2.05) is 6.07 Å². The van der Waals surface area contributed by atoms with Crippen molar-refractivity contribution >= 4 is 43.5 Å². The van der Waals surface area contributed by atoms with Crippen LogP contribution in [0.15, 0.2) is 25.6 Å². The van der Waals surface area contributed by atoms with Crippen LogP contribution in [-0.4, -0.2) is 22.1 Å². The highest BCUT2D eigenvalue weighted by Crippen LogP contribution is 2.34. The zero-order valence-electron chi connectivity index (χ0n) is 10.2. The molecule has 0 radical (unpaired) electrons. The molecule has 104 valence electrons. The third kappa shape index (κ3) is 2.71. The molecule has 3 N–H and O–H groups in total. The van der Waals surface area contributed by atoms with Crippen LogP contribution in [0.5, 0.6) is 0 Å². The predicted molar refractivity (Wildman–Crippen MR) is 80.0 cm³/mol. The zero-order chi connectivity index (χ0) is 14.3. The van der Waals surface area contributed by atoms with Crippen LogP contribution in [0.3, 0.4) is 0 Å². The molecule has 0 atom stereocenters. The van der Waals surface area contributed by atoms with Crippen LogP contribution in [0, 0.1) is 0 Å². The molecule has 3 rings (SSSR count). The van der Waals surface area contributed by atoms with E-state index >= 15 is 0 Å². The Morgan fingerprint density at radius 2 is 2.15 bits per heavy atom. The lowest BCUT2D eigenvalue weighted by molar-refractivity contribution is 0.0937. The molecule has 0 unspecified atom stereocenters. The Labute approximate surface area is 131 Å². The third-order valence-corrected chi connectivity index (χ3v) is 3.98. The topological polar surface area (TPSA) is 94.0 Å². The molecule has 6 nitrogen and oxygen atoms in total. The second kappa shape index (κ2) is 5.17. The van der Waals surface area contributed by atoms with Crippen molar-refractivity contribution in [1.29, 1.82) is 0 Å². The second-order valence-electron chi connectivity index (χ2n) is 4.52. The van der Waals surface area contributed by atoms with E-state index in [2.05, 4.69) is 47.3 Å². The van der Waals surface area contributed by atoms with E-state index in [0.717, 1.165) is 17.3 Å². The molecule has 0 aliphatic heterocycles. The van der Waals surface area contributed by atoms with Crippen molar-refractivity contribution in [2.45, 2.75) is 18.9 Å². The van der Waals surface area contributed by atoms with Gasteiger partial charge in [-0.05, 0) is 40.9 Å². The number of hydrogen-bond acceptors (Lipinski definition) is 5. The molecule has 0 saturated heterocycles. The molecule has 20 heavy (non-hydrogen) atoms. The summed E-state index contributed by atoms with van der Waals surface area (Å²) in [6.07, 6.45) is 2.00. The summed E-state index contributed by atoms with van der Waals surface area (Å²) in [7, 11) is 0. The van der Waals surface area contributed by atoms with Gasteiger partial charge in [0.25, 0.3) is 17.6 Å². The fourth-order valence-corrected chi connectivity index (χ4v) is 2.89. The van der Waals surface area contributed by atoms with E-state index in [9.17, 15) is 4.79 Å². The second-order valence-corrected chi connectivity index (χ2v) is 6.29. The van der Waals surface area contributed by atoms with Gasteiger partial charge in [0.1, 0.15) is 0 Å². The van der Waals surface area contributed by atoms with Crippen LogP contribution in [0.1, 0.15) is 23.5 Å². The van der Waals surface area contributed by atoms with Gasteiger partial charge in [0.2, 0.25) is 0 Å². The molecule has 8 heteroatoms. The highest BCUT2D eigenvalue weighted by Gasteiger charge is 2.26. The Hall–Kier alpha value is -1.41. The summed E-state index contributed by atoms with van der Waals surface area (Å²) >= 11 is 6.71. The van der Waals surface area contributed by atoms with Crippen molar-refractivity contribution in [2.24, 2.45) is 0 Å². The molecule has 1 aromatic carbocycles. The van der Waals surface area contributed by atoms with Gasteiger partial charge in [0.15, 0.2) is 0 Å². The van der Waals surface area contributed by atoms with Gasteiger partial charge in [-0.25, -0.2) is 0 Å². The van der Waals surface area contributed by atoms with Crippen molar-refractivity contribution in [3.8, 4) is 11.5 Å². The number of rotatable bonds is 3. The van der Waals surface area contributed by atoms with E-state index in [-0.39, 0.29) is 23.7 Å². The van der Waals surface area contributed by atoms with E-state index in [4.69, 9.17) is 10.3 Å². The van der Waals surface area contributed by atoms with Gasteiger partial charge in [0.05, 0.1) is 11.3 Å². The van der Waals surface area contributed by atoms with Crippen molar-refractivity contribution in [3.63, 3.8) is 0 Å². The number of hydrogen-bond donors (Lipinski definition) is 2. The summed E-state index contributed by atoms with van der Waals surface area (Å²) < 4.78 is 6.65. The number of carbonyl (C=O) groups excluding carboxylic acids is 1. The highest BCUT2D eigenvalue weighted by atomic mass is 79.9. The maximum Gasteiger partial charge on any atom is 0.292 e. The minimum absolute atomic E-state index is 0.0161. The number of anilines is 1. The molecule has 1 aliphatic carbocycles. The highest BCUT2D eigenvalue weighted by molar-refractivity contribution is 9.11. The summed E-state index contributed by atoms with van der Waals surface area (Å²) in [5.74, 6) is -0.0945. The first kappa shape index (κ1) is 13.6. The van der Waals surface area contributed by atoms with Gasteiger partial charge in [-0.2, -0.15) is 4.98 Å². The summed E-state index contributed by atoms with van der Waals surface area (Å²) in [5.41, 5.74) is 7.01. The van der Waals surface area contributed by atoms with Gasteiger partial charge in [-0.1, -0.05) is 21.1 Å². The molecule has 1 aliphatic rings. The van der Waals surface area contributed by atoms with Gasteiger partial charge < -0.3 is 15.6 Å². The zero-order valence-corrected chi connectivity index (χ0v) is 13.4. The quantitative estimate of drug-likeness (QED) is 0.771. The van der Waals surface area contributed by atoms with Crippen LogP contribution < -0.4 is 11.1 Å². The predicted octanol–water partition coefficient (Wildman–Crippen LogP) is 2.74. The summed E-state index contributed by atoms with van der Waals surface area (Å²) in [6.45, 7) is 0. The first-order valence-electron chi connectivity index (χ1n) is 5.94. The van der Waals surface area contributed by atoms with E-state index in [1.54, 1.807) is 6.07 Å². The number of aromatic nitrogens is 2. The van der Waals surface area contributed by atoms with Crippen LogP contribution in [0.4, 0.5) is 5.69 Å². The summed E-state index contributed by atoms with van der Waals surface area (Å²) in [5, 5.41) is 6.49. The minimum atomic E-state index is -0.324. The molecule has 0 spiro atoms. The smallest absolute Gasteiger partial charge is 0.292 e. The fraction of sp³-hybridized carbons (Fsp3) is 0.250. The normalized spacial score (nSPS) is 14.3.